The highest BCUT2D eigenvalue weighted by Crippen LogP contribution is 2.39. The minimum atomic E-state index is -4.79. The largest absolute Gasteiger partial charge is 0.417 e. The van der Waals surface area contributed by atoms with Crippen LogP contribution in [0.2, 0.25) is 0 Å². The number of nitriles is 1. The van der Waals surface area contributed by atoms with Gasteiger partial charge in [-0.2, -0.15) is 23.4 Å². The third-order valence-corrected chi connectivity index (χ3v) is 6.06. The number of aromatic amines is 1. The van der Waals surface area contributed by atoms with Crippen molar-refractivity contribution < 1.29 is 18.0 Å². The molecule has 2 heterocycles. The number of halogens is 3. The van der Waals surface area contributed by atoms with Gasteiger partial charge in [-0.1, -0.05) is 6.92 Å². The van der Waals surface area contributed by atoms with Crippen molar-refractivity contribution in [3.8, 4) is 6.07 Å². The summed E-state index contributed by atoms with van der Waals surface area (Å²) in [5, 5.41) is 9.29. The van der Waals surface area contributed by atoms with Crippen LogP contribution in [0.1, 0.15) is 37.7 Å². The van der Waals surface area contributed by atoms with E-state index in [-0.39, 0.29) is 16.2 Å². The summed E-state index contributed by atoms with van der Waals surface area (Å²) in [5.41, 5.74) is -2.55. The molecular weight excluding hydrogens is 467 g/mol. The molecule has 4 rings (SSSR count). The number of nitrogens with one attached hydrogen (secondary N) is 1. The smallest absolute Gasteiger partial charge is 0.343 e. The summed E-state index contributed by atoms with van der Waals surface area (Å²) in [6.07, 6.45) is -4.24. The second-order valence-electron chi connectivity index (χ2n) is 8.23. The molecule has 1 aromatic heterocycles. The maximum Gasteiger partial charge on any atom is 0.417 e. The van der Waals surface area contributed by atoms with Crippen molar-refractivity contribution in [3.63, 3.8) is 0 Å². The van der Waals surface area contributed by atoms with Gasteiger partial charge in [0.25, 0.3) is 11.5 Å². The number of benzene rings is 2. The van der Waals surface area contributed by atoms with E-state index in [1.54, 1.807) is 32.0 Å². The summed E-state index contributed by atoms with van der Waals surface area (Å²) >= 11 is 5.53. The Morgan fingerprint density at radius 3 is 2.44 bits per heavy atom. The van der Waals surface area contributed by atoms with Crippen molar-refractivity contribution >= 4 is 45.5 Å². The Balaban J connectivity index is 1.83. The first-order valence-corrected chi connectivity index (χ1v) is 10.6. The lowest BCUT2D eigenvalue weighted by atomic mass is 10.0. The quantitative estimate of drug-likeness (QED) is 0.557. The average Bonchev–Trinajstić information content (AvgIpc) is 2.96. The molecule has 7 nitrogen and oxygen atoms in total. The lowest BCUT2D eigenvalue weighted by Crippen LogP contribution is -2.44. The fraction of sp³-hybridized carbons (Fsp3) is 0.261. The third-order valence-electron chi connectivity index (χ3n) is 5.70. The molecule has 2 aromatic carbocycles. The Bertz CT molecular complexity index is 1460. The molecule has 1 aliphatic heterocycles. The number of nitrogens with zero attached hydrogens (tertiary/aromatic N) is 4. The summed E-state index contributed by atoms with van der Waals surface area (Å²) in [6.45, 7) is 5.03. The van der Waals surface area contributed by atoms with Crippen LogP contribution in [-0.2, 0) is 17.4 Å². The van der Waals surface area contributed by atoms with E-state index >= 15 is 0 Å². The predicted octanol–water partition coefficient (Wildman–Crippen LogP) is 4.29. The molecule has 0 saturated carbocycles. The molecule has 1 fully saturated rings. The van der Waals surface area contributed by atoms with Gasteiger partial charge in [0, 0.05) is 12.1 Å². The lowest BCUT2D eigenvalue weighted by Gasteiger charge is -2.29. The standard InChI is InChI=1S/C23H18F3N5O2S/c1-4-18-28-17-8-7-14(9-15(17)19(32)29-18)31-21(34)30(20(33)22(31,2)3)13-6-5-12(11-27)16(10-13)23(24,25)26/h5-10H,4H2,1-3H3,(H,28,29,32). The highest BCUT2D eigenvalue weighted by molar-refractivity contribution is 7.81. The molecule has 1 saturated heterocycles. The zero-order valence-electron chi connectivity index (χ0n) is 18.3. The van der Waals surface area contributed by atoms with Crippen molar-refractivity contribution in [1.82, 2.24) is 9.97 Å². The number of rotatable bonds is 3. The van der Waals surface area contributed by atoms with Crippen LogP contribution < -0.4 is 15.4 Å². The Morgan fingerprint density at radius 2 is 1.82 bits per heavy atom. The summed E-state index contributed by atoms with van der Waals surface area (Å²) < 4.78 is 40.5. The highest BCUT2D eigenvalue weighted by atomic mass is 32.1. The van der Waals surface area contributed by atoms with Gasteiger partial charge in [-0.25, -0.2) is 0 Å². The Kier molecular flexibility index (Phi) is 5.44. The van der Waals surface area contributed by atoms with Crippen molar-refractivity contribution in [3.05, 3.63) is 63.7 Å². The SMILES string of the molecule is CCc1nc(=O)c2cc(N3C(=S)N(c4ccc(C#N)c(C(F)(F)F)c4)C(=O)C3(C)C)ccc2[nH]1. The third kappa shape index (κ3) is 3.60. The molecule has 0 spiro atoms. The van der Waals surface area contributed by atoms with Gasteiger partial charge in [0.1, 0.15) is 11.4 Å². The van der Waals surface area contributed by atoms with Crippen molar-refractivity contribution in [2.75, 3.05) is 9.80 Å². The molecule has 34 heavy (non-hydrogen) atoms. The van der Waals surface area contributed by atoms with Crippen molar-refractivity contribution in [1.29, 1.82) is 5.26 Å². The number of hydrogen-bond acceptors (Lipinski definition) is 5. The Labute approximate surface area is 197 Å². The predicted molar refractivity (Wildman–Crippen MR) is 125 cm³/mol. The van der Waals surface area contributed by atoms with E-state index < -0.39 is 34.3 Å². The molecule has 0 bridgehead atoms. The first-order valence-electron chi connectivity index (χ1n) is 10.2. The molecule has 3 aromatic rings. The van der Waals surface area contributed by atoms with Gasteiger partial charge < -0.3 is 9.88 Å². The van der Waals surface area contributed by atoms with Crippen LogP contribution in [0, 0.1) is 11.3 Å². The first-order chi connectivity index (χ1) is 15.9. The first kappa shape index (κ1) is 23.4. The van der Waals surface area contributed by atoms with Gasteiger partial charge in [-0.3, -0.25) is 14.5 Å². The summed E-state index contributed by atoms with van der Waals surface area (Å²) in [7, 11) is 0. The van der Waals surface area contributed by atoms with Crippen LogP contribution in [-0.4, -0.2) is 26.5 Å². The van der Waals surface area contributed by atoms with E-state index in [1.807, 2.05) is 6.92 Å². The van der Waals surface area contributed by atoms with E-state index in [0.29, 0.717) is 23.4 Å². The number of aromatic nitrogens is 2. The monoisotopic (exact) mass is 485 g/mol. The lowest BCUT2D eigenvalue weighted by molar-refractivity contribution is -0.137. The summed E-state index contributed by atoms with van der Waals surface area (Å²) in [4.78, 5) is 35.4. The maximum atomic E-state index is 13.5. The summed E-state index contributed by atoms with van der Waals surface area (Å²) in [6, 6.07) is 9.40. The molecule has 11 heteroatoms. The van der Waals surface area contributed by atoms with Crippen LogP contribution in [0.5, 0.6) is 0 Å². The van der Waals surface area contributed by atoms with Gasteiger partial charge >= 0.3 is 6.18 Å². The Morgan fingerprint density at radius 1 is 1.15 bits per heavy atom. The molecule has 0 aliphatic carbocycles. The molecule has 1 amide bonds. The van der Waals surface area contributed by atoms with E-state index in [2.05, 4.69) is 9.97 Å². The van der Waals surface area contributed by atoms with Crippen LogP contribution in [0.25, 0.3) is 10.9 Å². The van der Waals surface area contributed by atoms with E-state index in [0.717, 1.165) is 17.0 Å². The van der Waals surface area contributed by atoms with Crippen LogP contribution in [0.4, 0.5) is 24.5 Å². The molecule has 1 N–H and O–H groups in total. The van der Waals surface area contributed by atoms with Gasteiger partial charge in [-0.05, 0) is 62.5 Å². The number of thiocarbonyl (C=S) groups is 1. The van der Waals surface area contributed by atoms with E-state index in [9.17, 15) is 22.8 Å². The number of anilines is 2. The fourth-order valence-corrected chi connectivity index (χ4v) is 4.47. The average molecular weight is 485 g/mol. The number of fused-ring (bicyclic) bond motifs is 1. The molecule has 1 aliphatic rings. The number of carbonyl (C=O) groups excluding carboxylic acids is 1. The molecule has 174 valence electrons. The number of carbonyl (C=O) groups is 1. The van der Waals surface area contributed by atoms with E-state index in [4.69, 9.17) is 17.5 Å². The summed E-state index contributed by atoms with van der Waals surface area (Å²) in [5.74, 6) is -0.0197. The maximum absolute atomic E-state index is 13.5. The number of alkyl halides is 3. The normalized spacial score (nSPS) is 15.8. The van der Waals surface area contributed by atoms with Crippen molar-refractivity contribution in [2.24, 2.45) is 0 Å². The van der Waals surface area contributed by atoms with Gasteiger partial charge in [0.2, 0.25) is 0 Å². The van der Waals surface area contributed by atoms with Crippen molar-refractivity contribution in [2.45, 2.75) is 38.9 Å². The van der Waals surface area contributed by atoms with Crippen LogP contribution in [0.15, 0.2) is 41.2 Å². The number of H-pyrrole nitrogens is 1. The van der Waals surface area contributed by atoms with Gasteiger partial charge in [0.15, 0.2) is 5.11 Å². The number of hydrogen-bond donors (Lipinski definition) is 1. The highest BCUT2D eigenvalue weighted by Gasteiger charge is 2.50. The fourth-order valence-electron chi connectivity index (χ4n) is 3.95. The van der Waals surface area contributed by atoms with E-state index in [1.165, 1.54) is 17.0 Å². The molecular formula is C23H18F3N5O2S. The number of amides is 1. The zero-order chi connectivity index (χ0) is 25.0. The minimum absolute atomic E-state index is 0.0539. The van der Waals surface area contributed by atoms with Gasteiger partial charge in [0.05, 0.1) is 33.8 Å². The zero-order valence-corrected chi connectivity index (χ0v) is 19.1. The molecule has 0 radical (unpaired) electrons. The second-order valence-corrected chi connectivity index (χ2v) is 8.59. The Hall–Kier alpha value is -3.78. The van der Waals surface area contributed by atoms with Gasteiger partial charge in [-0.15, -0.1) is 0 Å². The molecule has 0 unspecified atom stereocenters. The van der Waals surface area contributed by atoms with Crippen LogP contribution in [0.3, 0.4) is 0 Å². The molecule has 0 atom stereocenters. The topological polar surface area (TPSA) is 93.1 Å². The number of aryl methyl sites for hydroxylation is 1. The minimum Gasteiger partial charge on any atom is -0.343 e. The second kappa shape index (κ2) is 7.92. The van der Waals surface area contributed by atoms with Crippen LogP contribution >= 0.6 is 12.2 Å².